The summed E-state index contributed by atoms with van der Waals surface area (Å²) in [6, 6.07) is 6.05. The number of carbonyl (C=O) groups excluding carboxylic acids is 2. The van der Waals surface area contributed by atoms with Crippen molar-refractivity contribution in [3.05, 3.63) is 69.7 Å². The van der Waals surface area contributed by atoms with Gasteiger partial charge in [-0.1, -0.05) is 29.8 Å². The Balaban J connectivity index is 2.26. The summed E-state index contributed by atoms with van der Waals surface area (Å²) in [6.45, 7) is 0. The standard InChI is InChI=1S/C20H16ClF6NO3/c1-31-18(30)16(9-12-4-2-3-5-15(12)21)28-17(29)8-11-6-13(19(22,23)24)10-14(7-11)20(25,26)27/h2-7,10,16H,8-9H2,1H3,(H,28,29)/t16-/m0/s1. The van der Waals surface area contributed by atoms with E-state index in [9.17, 15) is 35.9 Å². The normalized spacial score (nSPS) is 12.9. The Morgan fingerprint density at radius 3 is 2.03 bits per heavy atom. The van der Waals surface area contributed by atoms with Gasteiger partial charge in [-0.2, -0.15) is 26.3 Å². The third-order valence-corrected chi connectivity index (χ3v) is 4.58. The molecule has 0 aliphatic rings. The van der Waals surface area contributed by atoms with E-state index in [0.29, 0.717) is 22.7 Å². The second-order valence-corrected chi connectivity index (χ2v) is 6.94. The monoisotopic (exact) mass is 467 g/mol. The predicted octanol–water partition coefficient (Wildman–Crippen LogP) is 4.82. The average Bonchev–Trinajstić information content (AvgIpc) is 2.66. The molecule has 0 heterocycles. The van der Waals surface area contributed by atoms with Crippen LogP contribution < -0.4 is 5.32 Å². The zero-order chi connectivity index (χ0) is 23.4. The molecule has 2 rings (SSSR count). The van der Waals surface area contributed by atoms with E-state index in [-0.39, 0.29) is 12.5 Å². The maximum Gasteiger partial charge on any atom is 0.416 e. The third-order valence-electron chi connectivity index (χ3n) is 4.21. The molecular formula is C20H16ClF6NO3. The van der Waals surface area contributed by atoms with E-state index in [4.69, 9.17) is 11.6 Å². The van der Waals surface area contributed by atoms with Crippen LogP contribution in [0.5, 0.6) is 0 Å². The van der Waals surface area contributed by atoms with Crippen LogP contribution in [-0.2, 0) is 39.5 Å². The van der Waals surface area contributed by atoms with Crippen LogP contribution in [0.3, 0.4) is 0 Å². The van der Waals surface area contributed by atoms with Gasteiger partial charge in [0, 0.05) is 11.4 Å². The number of methoxy groups -OCH3 is 1. The SMILES string of the molecule is COC(=O)[C@H](Cc1ccccc1Cl)NC(=O)Cc1cc(C(F)(F)F)cc(C(F)(F)F)c1. The number of nitrogens with one attached hydrogen (secondary N) is 1. The number of amides is 1. The van der Waals surface area contributed by atoms with Crippen molar-refractivity contribution in [3.8, 4) is 0 Å². The molecule has 0 spiro atoms. The van der Waals surface area contributed by atoms with E-state index in [1.54, 1.807) is 24.3 Å². The molecule has 0 unspecified atom stereocenters. The molecule has 0 fully saturated rings. The molecule has 2 aromatic rings. The van der Waals surface area contributed by atoms with E-state index < -0.39 is 53.4 Å². The molecule has 2 aromatic carbocycles. The zero-order valence-electron chi connectivity index (χ0n) is 15.9. The first-order chi connectivity index (χ1) is 14.3. The summed E-state index contributed by atoms with van der Waals surface area (Å²) in [5, 5.41) is 2.58. The van der Waals surface area contributed by atoms with Gasteiger partial charge in [0.25, 0.3) is 0 Å². The Hall–Kier alpha value is -2.75. The first kappa shape index (κ1) is 24.5. The van der Waals surface area contributed by atoms with Crippen LogP contribution in [0, 0.1) is 0 Å². The van der Waals surface area contributed by atoms with E-state index >= 15 is 0 Å². The Kier molecular flexibility index (Phi) is 7.58. The van der Waals surface area contributed by atoms with Gasteiger partial charge in [-0.25, -0.2) is 4.79 Å². The van der Waals surface area contributed by atoms with E-state index in [0.717, 1.165) is 7.11 Å². The molecule has 0 bridgehead atoms. The number of alkyl halides is 6. The zero-order valence-corrected chi connectivity index (χ0v) is 16.7. The number of benzene rings is 2. The first-order valence-electron chi connectivity index (χ1n) is 8.70. The van der Waals surface area contributed by atoms with Crippen molar-refractivity contribution in [1.82, 2.24) is 5.32 Å². The highest BCUT2D eigenvalue weighted by molar-refractivity contribution is 6.31. The Morgan fingerprint density at radius 1 is 1.00 bits per heavy atom. The molecule has 11 heteroatoms. The largest absolute Gasteiger partial charge is 0.467 e. The minimum absolute atomic E-state index is 0.0317. The smallest absolute Gasteiger partial charge is 0.416 e. The summed E-state index contributed by atoms with van der Waals surface area (Å²) >= 11 is 6.02. The lowest BCUT2D eigenvalue weighted by molar-refractivity contribution is -0.145. The number of rotatable bonds is 6. The van der Waals surface area contributed by atoms with Gasteiger partial charge >= 0.3 is 18.3 Å². The van der Waals surface area contributed by atoms with Gasteiger partial charge < -0.3 is 10.1 Å². The van der Waals surface area contributed by atoms with Crippen molar-refractivity contribution in [2.75, 3.05) is 7.11 Å². The number of halogens is 7. The summed E-state index contributed by atoms with van der Waals surface area (Å²) in [4.78, 5) is 24.3. The fourth-order valence-corrected chi connectivity index (χ4v) is 2.98. The van der Waals surface area contributed by atoms with Crippen LogP contribution in [0.2, 0.25) is 5.02 Å². The van der Waals surface area contributed by atoms with Crippen LogP contribution in [0.15, 0.2) is 42.5 Å². The molecule has 168 valence electrons. The van der Waals surface area contributed by atoms with Crippen molar-refractivity contribution in [1.29, 1.82) is 0 Å². The van der Waals surface area contributed by atoms with Crippen molar-refractivity contribution in [3.63, 3.8) is 0 Å². The molecule has 31 heavy (non-hydrogen) atoms. The molecule has 0 aromatic heterocycles. The summed E-state index contributed by atoms with van der Waals surface area (Å²) in [5.41, 5.74) is -3.10. The van der Waals surface area contributed by atoms with Crippen LogP contribution in [-0.4, -0.2) is 25.0 Å². The number of ether oxygens (including phenoxy) is 1. The fourth-order valence-electron chi connectivity index (χ4n) is 2.77. The molecule has 1 amide bonds. The number of hydrogen-bond donors (Lipinski definition) is 1. The summed E-state index contributed by atoms with van der Waals surface area (Å²) < 4.78 is 82.5. The van der Waals surface area contributed by atoms with Crippen LogP contribution in [0.25, 0.3) is 0 Å². The minimum atomic E-state index is -5.04. The maximum absolute atomic E-state index is 13.0. The molecule has 0 aliphatic heterocycles. The van der Waals surface area contributed by atoms with E-state index in [2.05, 4.69) is 10.1 Å². The quantitative estimate of drug-likeness (QED) is 0.489. The lowest BCUT2D eigenvalue weighted by Gasteiger charge is -2.18. The first-order valence-corrected chi connectivity index (χ1v) is 9.08. The van der Waals surface area contributed by atoms with Gasteiger partial charge in [-0.3, -0.25) is 4.79 Å². The number of hydrogen-bond acceptors (Lipinski definition) is 3. The molecular weight excluding hydrogens is 452 g/mol. The number of carbonyl (C=O) groups is 2. The van der Waals surface area contributed by atoms with Gasteiger partial charge in [-0.15, -0.1) is 0 Å². The molecule has 0 saturated heterocycles. The molecule has 4 nitrogen and oxygen atoms in total. The lowest BCUT2D eigenvalue weighted by atomic mass is 10.0. The van der Waals surface area contributed by atoms with Gasteiger partial charge in [-0.05, 0) is 35.4 Å². The van der Waals surface area contributed by atoms with E-state index in [1.165, 1.54) is 0 Å². The predicted molar refractivity (Wildman–Crippen MR) is 99.3 cm³/mol. The lowest BCUT2D eigenvalue weighted by Crippen LogP contribution is -2.43. The fraction of sp³-hybridized carbons (Fsp3) is 0.300. The van der Waals surface area contributed by atoms with Gasteiger partial charge in [0.2, 0.25) is 5.91 Å². The molecule has 1 N–H and O–H groups in total. The van der Waals surface area contributed by atoms with Crippen LogP contribution in [0.1, 0.15) is 22.3 Å². The second-order valence-electron chi connectivity index (χ2n) is 6.53. The highest BCUT2D eigenvalue weighted by Crippen LogP contribution is 2.36. The maximum atomic E-state index is 13.0. The molecule has 0 saturated carbocycles. The van der Waals surface area contributed by atoms with E-state index in [1.807, 2.05) is 0 Å². The highest BCUT2D eigenvalue weighted by Gasteiger charge is 2.37. The van der Waals surface area contributed by atoms with Crippen molar-refractivity contribution >= 4 is 23.5 Å². The van der Waals surface area contributed by atoms with Crippen molar-refractivity contribution in [2.45, 2.75) is 31.2 Å². The summed E-state index contributed by atoms with van der Waals surface area (Å²) in [7, 11) is 1.07. The molecule has 0 radical (unpaired) electrons. The summed E-state index contributed by atoms with van der Waals surface area (Å²) in [6.07, 6.45) is -11.0. The van der Waals surface area contributed by atoms with Crippen molar-refractivity contribution in [2.24, 2.45) is 0 Å². The highest BCUT2D eigenvalue weighted by atomic mass is 35.5. The average molecular weight is 468 g/mol. The Labute approximate surface area is 178 Å². The number of esters is 1. The van der Waals surface area contributed by atoms with Gasteiger partial charge in [0.05, 0.1) is 24.7 Å². The minimum Gasteiger partial charge on any atom is -0.467 e. The van der Waals surface area contributed by atoms with Crippen molar-refractivity contribution < 1.29 is 40.7 Å². The van der Waals surface area contributed by atoms with Gasteiger partial charge in [0.15, 0.2) is 0 Å². The molecule has 0 aliphatic carbocycles. The summed E-state index contributed by atoms with van der Waals surface area (Å²) in [5.74, 6) is -1.82. The van der Waals surface area contributed by atoms with Crippen LogP contribution >= 0.6 is 11.6 Å². The van der Waals surface area contributed by atoms with Gasteiger partial charge in [0.1, 0.15) is 6.04 Å². The second kappa shape index (κ2) is 9.59. The third kappa shape index (κ3) is 6.88. The molecule has 1 atom stereocenters. The Bertz CT molecular complexity index is 926. The topological polar surface area (TPSA) is 55.4 Å². The van der Waals surface area contributed by atoms with Crippen LogP contribution in [0.4, 0.5) is 26.3 Å². The Morgan fingerprint density at radius 2 is 1.55 bits per heavy atom.